The Morgan fingerprint density at radius 1 is 1.07 bits per heavy atom. The largest absolute Gasteiger partial charge is 0.444 e. The second kappa shape index (κ2) is 8.38. The number of likely N-dealkylation sites (tertiary alicyclic amines) is 2. The molecular formula is C25H31FN2O2. The van der Waals surface area contributed by atoms with Crippen molar-refractivity contribution in [3.05, 3.63) is 71.5 Å². The molecule has 0 aliphatic carbocycles. The van der Waals surface area contributed by atoms with Crippen molar-refractivity contribution in [2.45, 2.75) is 45.4 Å². The fourth-order valence-corrected chi connectivity index (χ4v) is 4.91. The zero-order valence-corrected chi connectivity index (χ0v) is 18.1. The smallest absolute Gasteiger partial charge is 0.410 e. The Balaban J connectivity index is 1.59. The fourth-order valence-electron chi connectivity index (χ4n) is 4.91. The van der Waals surface area contributed by atoms with Crippen LogP contribution in [-0.2, 0) is 11.3 Å². The molecule has 2 saturated heterocycles. The van der Waals surface area contributed by atoms with Crippen molar-refractivity contribution < 1.29 is 13.9 Å². The lowest BCUT2D eigenvalue weighted by Crippen LogP contribution is -2.47. The second-order valence-corrected chi connectivity index (χ2v) is 9.56. The number of rotatable bonds is 3. The van der Waals surface area contributed by atoms with E-state index in [2.05, 4.69) is 29.2 Å². The molecule has 2 aliphatic rings. The number of benzene rings is 2. The van der Waals surface area contributed by atoms with Gasteiger partial charge < -0.3 is 9.64 Å². The average molecular weight is 411 g/mol. The van der Waals surface area contributed by atoms with Crippen LogP contribution < -0.4 is 0 Å². The minimum atomic E-state index is -0.545. The zero-order chi connectivity index (χ0) is 21.3. The summed E-state index contributed by atoms with van der Waals surface area (Å²) >= 11 is 0. The predicted molar refractivity (Wildman–Crippen MR) is 115 cm³/mol. The van der Waals surface area contributed by atoms with Crippen molar-refractivity contribution >= 4 is 6.09 Å². The highest BCUT2D eigenvalue weighted by Crippen LogP contribution is 2.44. The molecule has 5 heteroatoms. The second-order valence-electron chi connectivity index (χ2n) is 9.56. The van der Waals surface area contributed by atoms with Crippen LogP contribution in [0.5, 0.6) is 0 Å². The van der Waals surface area contributed by atoms with Gasteiger partial charge in [0.15, 0.2) is 0 Å². The van der Waals surface area contributed by atoms with E-state index < -0.39 is 5.60 Å². The van der Waals surface area contributed by atoms with Crippen molar-refractivity contribution in [3.63, 3.8) is 0 Å². The minimum Gasteiger partial charge on any atom is -0.444 e. The van der Waals surface area contributed by atoms with Crippen molar-refractivity contribution in [2.24, 2.45) is 11.8 Å². The van der Waals surface area contributed by atoms with Gasteiger partial charge in [-0.05, 0) is 56.4 Å². The Morgan fingerprint density at radius 3 is 2.43 bits per heavy atom. The normalized spacial score (nSPS) is 24.5. The van der Waals surface area contributed by atoms with E-state index in [4.69, 9.17) is 4.74 Å². The molecule has 0 radical (unpaired) electrons. The van der Waals surface area contributed by atoms with Crippen LogP contribution in [-0.4, -0.2) is 41.1 Å². The van der Waals surface area contributed by atoms with Crippen LogP contribution in [0.1, 0.15) is 44.4 Å². The maximum atomic E-state index is 13.6. The number of ether oxygens (including phenoxy) is 1. The van der Waals surface area contributed by atoms with E-state index in [0.717, 1.165) is 31.6 Å². The molecule has 2 aromatic carbocycles. The molecule has 0 spiro atoms. The summed E-state index contributed by atoms with van der Waals surface area (Å²) in [4.78, 5) is 17.4. The molecule has 2 aromatic rings. The number of fused-ring (bicyclic) bond motifs is 1. The summed E-state index contributed by atoms with van der Waals surface area (Å²) in [6.45, 7) is 9.19. The highest BCUT2D eigenvalue weighted by molar-refractivity contribution is 5.69. The van der Waals surface area contributed by atoms with E-state index in [0.29, 0.717) is 18.4 Å². The standard InChI is InChI=1S/C25H31FN2O2/c1-25(2,3)30-24(29)28-14-13-20-16-27(15-18-7-5-4-6-8-18)17-22(20)23(28)19-9-11-21(26)12-10-19/h4-12,20,22-23H,13-17H2,1-3H3/t20-,22?,23?/m1/s1. The molecule has 0 aromatic heterocycles. The topological polar surface area (TPSA) is 32.8 Å². The molecule has 3 atom stereocenters. The van der Waals surface area contributed by atoms with Crippen LogP contribution in [0.3, 0.4) is 0 Å². The van der Waals surface area contributed by atoms with Crippen LogP contribution in [0.15, 0.2) is 54.6 Å². The maximum absolute atomic E-state index is 13.6. The first kappa shape index (κ1) is 20.9. The van der Waals surface area contributed by atoms with Gasteiger partial charge in [0, 0.05) is 32.1 Å². The molecule has 30 heavy (non-hydrogen) atoms. The molecule has 2 fully saturated rings. The monoisotopic (exact) mass is 410 g/mol. The first-order valence-corrected chi connectivity index (χ1v) is 10.8. The first-order valence-electron chi connectivity index (χ1n) is 10.8. The average Bonchev–Trinajstić information content (AvgIpc) is 3.10. The first-order chi connectivity index (χ1) is 14.3. The number of carbonyl (C=O) groups excluding carboxylic acids is 1. The quantitative estimate of drug-likeness (QED) is 0.692. The van der Waals surface area contributed by atoms with Crippen molar-refractivity contribution in [2.75, 3.05) is 19.6 Å². The van der Waals surface area contributed by atoms with Gasteiger partial charge in [-0.2, -0.15) is 0 Å². The van der Waals surface area contributed by atoms with Crippen LogP contribution >= 0.6 is 0 Å². The van der Waals surface area contributed by atoms with E-state index in [9.17, 15) is 9.18 Å². The highest BCUT2D eigenvalue weighted by atomic mass is 19.1. The van der Waals surface area contributed by atoms with Gasteiger partial charge in [-0.3, -0.25) is 4.90 Å². The molecule has 1 amide bonds. The molecule has 4 nitrogen and oxygen atoms in total. The summed E-state index contributed by atoms with van der Waals surface area (Å²) in [7, 11) is 0. The predicted octanol–water partition coefficient (Wildman–Crippen LogP) is 5.26. The maximum Gasteiger partial charge on any atom is 0.410 e. The number of piperidine rings is 1. The lowest BCUT2D eigenvalue weighted by Gasteiger charge is -2.43. The number of nitrogens with zero attached hydrogens (tertiary/aromatic N) is 2. The van der Waals surface area contributed by atoms with Gasteiger partial charge in [0.05, 0.1) is 6.04 Å². The van der Waals surface area contributed by atoms with Crippen molar-refractivity contribution in [1.82, 2.24) is 9.80 Å². The molecular weight excluding hydrogens is 379 g/mol. The molecule has 2 aliphatic heterocycles. The molecule has 0 saturated carbocycles. The van der Waals surface area contributed by atoms with Crippen LogP contribution in [0.25, 0.3) is 0 Å². The summed E-state index contributed by atoms with van der Waals surface area (Å²) in [5.74, 6) is 0.565. The van der Waals surface area contributed by atoms with E-state index in [-0.39, 0.29) is 18.0 Å². The van der Waals surface area contributed by atoms with Gasteiger partial charge in [0.1, 0.15) is 11.4 Å². The Hall–Kier alpha value is -2.40. The Morgan fingerprint density at radius 2 is 1.77 bits per heavy atom. The number of amides is 1. The van der Waals surface area contributed by atoms with E-state index >= 15 is 0 Å². The van der Waals surface area contributed by atoms with Gasteiger partial charge in [-0.15, -0.1) is 0 Å². The van der Waals surface area contributed by atoms with E-state index in [1.165, 1.54) is 17.7 Å². The minimum absolute atomic E-state index is 0.0972. The number of hydrogen-bond acceptors (Lipinski definition) is 3. The number of carbonyl (C=O) groups is 1. The highest BCUT2D eigenvalue weighted by Gasteiger charge is 2.46. The molecule has 4 rings (SSSR count). The number of hydrogen-bond donors (Lipinski definition) is 0. The van der Waals surface area contributed by atoms with Crippen LogP contribution in [0.4, 0.5) is 9.18 Å². The third kappa shape index (κ3) is 4.67. The molecule has 2 unspecified atom stereocenters. The SMILES string of the molecule is CC(C)(C)OC(=O)N1CC[C@@H]2CN(Cc3ccccc3)CC2C1c1ccc(F)cc1. The summed E-state index contributed by atoms with van der Waals surface area (Å²) in [5.41, 5.74) is 1.74. The Bertz CT molecular complexity index is 863. The lowest BCUT2D eigenvalue weighted by molar-refractivity contribution is -0.00525. The van der Waals surface area contributed by atoms with Gasteiger partial charge in [-0.1, -0.05) is 42.5 Å². The summed E-state index contributed by atoms with van der Waals surface area (Å²) in [6.07, 6.45) is 0.684. The van der Waals surface area contributed by atoms with E-state index in [1.807, 2.05) is 43.9 Å². The zero-order valence-electron chi connectivity index (χ0n) is 18.1. The van der Waals surface area contributed by atoms with Gasteiger partial charge in [0.2, 0.25) is 0 Å². The molecule has 0 bridgehead atoms. The van der Waals surface area contributed by atoms with Gasteiger partial charge in [0.25, 0.3) is 0 Å². The summed E-state index contributed by atoms with van der Waals surface area (Å²) in [5, 5.41) is 0. The number of halogens is 1. The van der Waals surface area contributed by atoms with Crippen molar-refractivity contribution in [1.29, 1.82) is 0 Å². The summed E-state index contributed by atoms with van der Waals surface area (Å²) in [6, 6.07) is 17.0. The van der Waals surface area contributed by atoms with Crippen LogP contribution in [0.2, 0.25) is 0 Å². The lowest BCUT2D eigenvalue weighted by atomic mass is 9.79. The molecule has 160 valence electrons. The van der Waals surface area contributed by atoms with Gasteiger partial charge in [-0.25, -0.2) is 9.18 Å². The third-order valence-corrected chi connectivity index (χ3v) is 6.14. The van der Waals surface area contributed by atoms with Crippen LogP contribution in [0, 0.1) is 17.7 Å². The van der Waals surface area contributed by atoms with Gasteiger partial charge >= 0.3 is 6.09 Å². The molecule has 2 heterocycles. The third-order valence-electron chi connectivity index (χ3n) is 6.14. The van der Waals surface area contributed by atoms with E-state index in [1.54, 1.807) is 0 Å². The van der Waals surface area contributed by atoms with Crippen molar-refractivity contribution in [3.8, 4) is 0 Å². The molecule has 0 N–H and O–H groups in total. The summed E-state index contributed by atoms with van der Waals surface area (Å²) < 4.78 is 19.3. The Labute approximate surface area is 178 Å². The fraction of sp³-hybridized carbons (Fsp3) is 0.480. The Kier molecular flexibility index (Phi) is 5.83.